The van der Waals surface area contributed by atoms with E-state index in [1.165, 1.54) is 12.1 Å². The monoisotopic (exact) mass is 291 g/mol. The first-order valence-electron chi connectivity index (χ1n) is 6.69. The van der Waals surface area contributed by atoms with Crippen molar-refractivity contribution in [2.45, 2.75) is 19.9 Å². The molecule has 2 rings (SSSR count). The van der Waals surface area contributed by atoms with Gasteiger partial charge in [0.2, 0.25) is 0 Å². The number of hydrogen-bond donors (Lipinski definition) is 1. The van der Waals surface area contributed by atoms with E-state index in [-0.39, 0.29) is 5.69 Å². The molecule has 0 saturated carbocycles. The van der Waals surface area contributed by atoms with E-state index < -0.39 is 4.92 Å². The fourth-order valence-corrected chi connectivity index (χ4v) is 1.87. The highest BCUT2D eigenvalue weighted by molar-refractivity contribution is 5.56. The molecule has 0 saturated heterocycles. The van der Waals surface area contributed by atoms with Gasteiger partial charge < -0.3 is 10.1 Å². The Balaban J connectivity index is 1.93. The van der Waals surface area contributed by atoms with Gasteiger partial charge >= 0.3 is 0 Å². The van der Waals surface area contributed by atoms with E-state index in [0.29, 0.717) is 24.6 Å². The third-order valence-electron chi connectivity index (χ3n) is 2.78. The van der Waals surface area contributed by atoms with Crippen molar-refractivity contribution in [3.63, 3.8) is 0 Å². The quantitative estimate of drug-likeness (QED) is 0.454. The number of nitrogens with one attached hydrogen (secondary N) is 1. The topological polar surface area (TPSA) is 95.1 Å². The van der Waals surface area contributed by atoms with Crippen LogP contribution < -0.4 is 10.1 Å². The molecule has 1 N–H and O–H groups in total. The predicted octanol–water partition coefficient (Wildman–Crippen LogP) is 2.09. The summed E-state index contributed by atoms with van der Waals surface area (Å²) < 4.78 is 7.07. The van der Waals surface area contributed by atoms with Crippen LogP contribution in [0.5, 0.6) is 5.75 Å². The first-order valence-corrected chi connectivity index (χ1v) is 6.69. The maximum atomic E-state index is 10.9. The molecule has 0 amide bonds. The minimum Gasteiger partial charge on any atom is -0.494 e. The van der Waals surface area contributed by atoms with Gasteiger partial charge in [0.05, 0.1) is 23.8 Å². The summed E-state index contributed by atoms with van der Waals surface area (Å²) in [7, 11) is 0. The van der Waals surface area contributed by atoms with Crippen molar-refractivity contribution in [1.82, 2.24) is 15.0 Å². The average Bonchev–Trinajstić information content (AvgIpc) is 2.97. The molecule has 112 valence electrons. The Morgan fingerprint density at radius 1 is 1.43 bits per heavy atom. The van der Waals surface area contributed by atoms with Gasteiger partial charge in [0, 0.05) is 37.1 Å². The summed E-state index contributed by atoms with van der Waals surface area (Å²) in [6.07, 6.45) is 4.25. The van der Waals surface area contributed by atoms with Crippen LogP contribution >= 0.6 is 0 Å². The number of anilines is 1. The molecule has 0 spiro atoms. The highest BCUT2D eigenvalue weighted by Crippen LogP contribution is 2.26. The molecule has 1 aromatic heterocycles. The maximum Gasteiger partial charge on any atom is 0.275 e. The largest absolute Gasteiger partial charge is 0.494 e. The van der Waals surface area contributed by atoms with Crippen molar-refractivity contribution in [1.29, 1.82) is 0 Å². The zero-order chi connectivity index (χ0) is 15.1. The molecule has 0 aliphatic carbocycles. The average molecular weight is 291 g/mol. The van der Waals surface area contributed by atoms with Gasteiger partial charge in [0.25, 0.3) is 5.69 Å². The number of aromatic nitrogens is 3. The summed E-state index contributed by atoms with van der Waals surface area (Å²) in [4.78, 5) is 10.5. The molecule has 0 aliphatic heterocycles. The molecule has 0 atom stereocenters. The number of nitro groups is 1. The van der Waals surface area contributed by atoms with Gasteiger partial charge in [-0.25, -0.2) is 0 Å². The number of benzene rings is 1. The minimum atomic E-state index is -0.427. The number of aryl methyl sites for hydroxylation is 1. The Morgan fingerprint density at radius 2 is 2.29 bits per heavy atom. The lowest BCUT2D eigenvalue weighted by Crippen LogP contribution is -2.07. The molecule has 21 heavy (non-hydrogen) atoms. The second kappa shape index (κ2) is 7.22. The highest BCUT2D eigenvalue weighted by atomic mass is 16.6. The van der Waals surface area contributed by atoms with Crippen LogP contribution in [0, 0.1) is 10.1 Å². The van der Waals surface area contributed by atoms with E-state index in [4.69, 9.17) is 4.74 Å². The molecule has 0 fully saturated rings. The van der Waals surface area contributed by atoms with Crippen LogP contribution in [0.4, 0.5) is 11.4 Å². The number of rotatable bonds is 8. The smallest absolute Gasteiger partial charge is 0.275 e. The van der Waals surface area contributed by atoms with E-state index >= 15 is 0 Å². The van der Waals surface area contributed by atoms with Crippen LogP contribution in [0.25, 0.3) is 0 Å². The van der Waals surface area contributed by atoms with Gasteiger partial charge in [0.15, 0.2) is 0 Å². The minimum absolute atomic E-state index is 0.0136. The molecule has 8 heteroatoms. The first-order chi connectivity index (χ1) is 10.2. The summed E-state index contributed by atoms with van der Waals surface area (Å²) in [6.45, 7) is 3.71. The van der Waals surface area contributed by atoms with Crippen molar-refractivity contribution in [2.75, 3.05) is 18.5 Å². The molecule has 2 aromatic rings. The fourth-order valence-electron chi connectivity index (χ4n) is 1.87. The number of nitro benzene ring substituents is 1. The standard InChI is InChI=1S/C13H17N5O3/c1-2-21-13-9-11(8-12(10-13)18(19)20)14-4-3-6-17-7-5-15-16-17/h5,7-10,14H,2-4,6H2,1H3. The van der Waals surface area contributed by atoms with E-state index in [9.17, 15) is 10.1 Å². The molecule has 0 bridgehead atoms. The van der Waals surface area contributed by atoms with Crippen LogP contribution in [0.15, 0.2) is 30.6 Å². The van der Waals surface area contributed by atoms with Crippen molar-refractivity contribution >= 4 is 11.4 Å². The Morgan fingerprint density at radius 3 is 2.95 bits per heavy atom. The van der Waals surface area contributed by atoms with Crippen molar-refractivity contribution in [3.8, 4) is 5.75 Å². The molecular weight excluding hydrogens is 274 g/mol. The number of non-ortho nitro benzene ring substituents is 1. The van der Waals surface area contributed by atoms with Crippen LogP contribution in [-0.2, 0) is 6.54 Å². The van der Waals surface area contributed by atoms with E-state index in [0.717, 1.165) is 13.0 Å². The van der Waals surface area contributed by atoms with Gasteiger partial charge in [-0.3, -0.25) is 14.8 Å². The zero-order valence-electron chi connectivity index (χ0n) is 11.7. The summed E-state index contributed by atoms with van der Waals surface area (Å²) in [5.74, 6) is 0.491. The van der Waals surface area contributed by atoms with Gasteiger partial charge in [-0.1, -0.05) is 5.21 Å². The molecule has 0 radical (unpaired) electrons. The van der Waals surface area contributed by atoms with Crippen molar-refractivity contribution < 1.29 is 9.66 Å². The summed E-state index contributed by atoms with van der Waals surface area (Å²) in [5.41, 5.74) is 0.686. The van der Waals surface area contributed by atoms with Gasteiger partial charge in [-0.15, -0.1) is 5.10 Å². The number of ether oxygens (including phenoxy) is 1. The van der Waals surface area contributed by atoms with Crippen LogP contribution in [0.3, 0.4) is 0 Å². The van der Waals surface area contributed by atoms with E-state index in [2.05, 4.69) is 15.6 Å². The third kappa shape index (κ3) is 4.44. The maximum absolute atomic E-state index is 10.9. The van der Waals surface area contributed by atoms with Gasteiger partial charge in [-0.05, 0) is 13.3 Å². The van der Waals surface area contributed by atoms with Gasteiger partial charge in [0.1, 0.15) is 5.75 Å². The lowest BCUT2D eigenvalue weighted by atomic mass is 10.2. The van der Waals surface area contributed by atoms with Crippen LogP contribution in [0.1, 0.15) is 13.3 Å². The van der Waals surface area contributed by atoms with E-state index in [1.54, 1.807) is 23.1 Å². The predicted molar refractivity (Wildman–Crippen MR) is 77.4 cm³/mol. The molecule has 0 aliphatic rings. The molecular formula is C13H17N5O3. The second-order valence-electron chi connectivity index (χ2n) is 4.35. The Hall–Kier alpha value is -2.64. The molecule has 0 unspecified atom stereocenters. The zero-order valence-corrected chi connectivity index (χ0v) is 11.7. The summed E-state index contributed by atoms with van der Waals surface area (Å²) in [5, 5.41) is 21.6. The van der Waals surface area contributed by atoms with Crippen LogP contribution in [-0.4, -0.2) is 33.1 Å². The Bertz CT molecular complexity index is 585. The van der Waals surface area contributed by atoms with Gasteiger partial charge in [-0.2, -0.15) is 0 Å². The SMILES string of the molecule is CCOc1cc(NCCCn2ccnn2)cc([N+](=O)[O-])c1. The lowest BCUT2D eigenvalue weighted by molar-refractivity contribution is -0.384. The number of hydrogen-bond acceptors (Lipinski definition) is 6. The summed E-state index contributed by atoms with van der Waals surface area (Å²) >= 11 is 0. The molecule has 1 aromatic carbocycles. The van der Waals surface area contributed by atoms with Crippen molar-refractivity contribution in [3.05, 3.63) is 40.7 Å². The number of nitrogens with zero attached hydrogens (tertiary/aromatic N) is 4. The Labute approximate surface area is 121 Å². The highest BCUT2D eigenvalue weighted by Gasteiger charge is 2.10. The first kappa shape index (κ1) is 14.8. The Kier molecular flexibility index (Phi) is 5.08. The second-order valence-corrected chi connectivity index (χ2v) is 4.35. The third-order valence-corrected chi connectivity index (χ3v) is 2.78. The lowest BCUT2D eigenvalue weighted by Gasteiger charge is -2.09. The van der Waals surface area contributed by atoms with E-state index in [1.807, 2.05) is 6.92 Å². The summed E-state index contributed by atoms with van der Waals surface area (Å²) in [6, 6.07) is 4.67. The molecule has 8 nitrogen and oxygen atoms in total. The normalized spacial score (nSPS) is 10.3. The fraction of sp³-hybridized carbons (Fsp3) is 0.385. The molecule has 1 heterocycles. The van der Waals surface area contributed by atoms with Crippen LogP contribution in [0.2, 0.25) is 0 Å². The van der Waals surface area contributed by atoms with Crippen molar-refractivity contribution in [2.24, 2.45) is 0 Å².